The Kier molecular flexibility index (Phi) is 4.20. The largest absolute Gasteiger partial charge is 0.356 e. The zero-order chi connectivity index (χ0) is 15.7. The molecule has 3 heterocycles. The highest BCUT2D eigenvalue weighted by molar-refractivity contribution is 6.30. The molecule has 1 aliphatic rings. The van der Waals surface area contributed by atoms with Crippen molar-refractivity contribution in [1.82, 2.24) is 19.3 Å². The number of rotatable bonds is 3. The van der Waals surface area contributed by atoms with Crippen LogP contribution in [-0.2, 0) is 13.6 Å². The van der Waals surface area contributed by atoms with Gasteiger partial charge >= 0.3 is 5.69 Å². The van der Waals surface area contributed by atoms with Gasteiger partial charge in [-0.05, 0) is 31.9 Å². The van der Waals surface area contributed by atoms with Gasteiger partial charge in [-0.2, -0.15) is 5.10 Å². The lowest BCUT2D eigenvalue weighted by atomic mass is 9.97. The van der Waals surface area contributed by atoms with Crippen molar-refractivity contribution in [3.8, 4) is 0 Å². The molecule has 3 rings (SSSR count). The Labute approximate surface area is 134 Å². The van der Waals surface area contributed by atoms with Gasteiger partial charge in [0.05, 0.1) is 5.02 Å². The standard InChI is InChI=1S/C15H20ClN5O/c1-3-21-14(18-19(2)15(21)22)11-5-4-8-20(10-11)13-7-6-12(16)9-17-13/h6-7,9,11H,3-5,8,10H2,1-2H3/t11-/m1/s1. The fourth-order valence-electron chi connectivity index (χ4n) is 3.07. The molecule has 1 aliphatic heterocycles. The molecular formula is C15H20ClN5O. The first kappa shape index (κ1) is 15.1. The molecule has 2 aromatic heterocycles. The molecule has 0 saturated carbocycles. The van der Waals surface area contributed by atoms with Gasteiger partial charge in [-0.25, -0.2) is 14.5 Å². The fourth-order valence-corrected chi connectivity index (χ4v) is 3.19. The lowest BCUT2D eigenvalue weighted by Crippen LogP contribution is -2.36. The first-order chi connectivity index (χ1) is 10.6. The van der Waals surface area contributed by atoms with Crippen molar-refractivity contribution >= 4 is 17.4 Å². The third-order valence-corrected chi connectivity index (χ3v) is 4.40. The van der Waals surface area contributed by atoms with Crippen LogP contribution >= 0.6 is 11.6 Å². The summed E-state index contributed by atoms with van der Waals surface area (Å²) in [6.45, 7) is 4.42. The van der Waals surface area contributed by atoms with Crippen molar-refractivity contribution in [2.24, 2.45) is 7.05 Å². The number of aromatic nitrogens is 4. The minimum atomic E-state index is -0.0424. The summed E-state index contributed by atoms with van der Waals surface area (Å²) in [5, 5.41) is 5.09. The highest BCUT2D eigenvalue weighted by Crippen LogP contribution is 2.28. The topological polar surface area (TPSA) is 56.0 Å². The molecule has 1 fully saturated rings. The van der Waals surface area contributed by atoms with E-state index in [1.54, 1.807) is 17.8 Å². The van der Waals surface area contributed by atoms with Crippen LogP contribution in [0.1, 0.15) is 31.5 Å². The van der Waals surface area contributed by atoms with Crippen LogP contribution in [0.15, 0.2) is 23.1 Å². The van der Waals surface area contributed by atoms with Crippen LogP contribution in [0, 0.1) is 0 Å². The lowest BCUT2D eigenvalue weighted by Gasteiger charge is -2.33. The van der Waals surface area contributed by atoms with Crippen molar-refractivity contribution in [2.45, 2.75) is 32.2 Å². The minimum absolute atomic E-state index is 0.0424. The molecular weight excluding hydrogens is 302 g/mol. The van der Waals surface area contributed by atoms with E-state index in [0.717, 1.165) is 37.6 Å². The lowest BCUT2D eigenvalue weighted by molar-refractivity contribution is 0.468. The number of halogens is 1. The molecule has 0 N–H and O–H groups in total. The quantitative estimate of drug-likeness (QED) is 0.868. The van der Waals surface area contributed by atoms with E-state index in [1.807, 2.05) is 19.1 Å². The Morgan fingerprint density at radius 1 is 1.41 bits per heavy atom. The van der Waals surface area contributed by atoms with E-state index in [1.165, 1.54) is 4.68 Å². The zero-order valence-electron chi connectivity index (χ0n) is 12.9. The summed E-state index contributed by atoms with van der Waals surface area (Å²) in [7, 11) is 1.71. The van der Waals surface area contributed by atoms with Gasteiger partial charge in [0, 0.05) is 38.8 Å². The molecule has 0 bridgehead atoms. The third kappa shape index (κ3) is 2.75. The highest BCUT2D eigenvalue weighted by Gasteiger charge is 2.27. The predicted octanol–water partition coefficient (Wildman–Crippen LogP) is 2.03. The number of hydrogen-bond acceptors (Lipinski definition) is 4. The second-order valence-corrected chi connectivity index (χ2v) is 6.06. The van der Waals surface area contributed by atoms with Crippen LogP contribution in [0.25, 0.3) is 0 Å². The summed E-state index contributed by atoms with van der Waals surface area (Å²) in [4.78, 5) is 18.7. The molecule has 1 atom stereocenters. The maximum absolute atomic E-state index is 12.1. The van der Waals surface area contributed by atoms with Gasteiger partial charge in [-0.3, -0.25) is 4.57 Å². The molecule has 0 radical (unpaired) electrons. The predicted molar refractivity (Wildman–Crippen MR) is 86.6 cm³/mol. The van der Waals surface area contributed by atoms with Crippen molar-refractivity contribution in [2.75, 3.05) is 18.0 Å². The molecule has 0 amide bonds. The monoisotopic (exact) mass is 321 g/mol. The number of piperidine rings is 1. The molecule has 2 aromatic rings. The molecule has 7 heteroatoms. The number of nitrogens with zero attached hydrogens (tertiary/aromatic N) is 5. The Bertz CT molecular complexity index is 706. The van der Waals surface area contributed by atoms with Crippen molar-refractivity contribution in [1.29, 1.82) is 0 Å². The van der Waals surface area contributed by atoms with Gasteiger partial charge in [0.1, 0.15) is 11.6 Å². The summed E-state index contributed by atoms with van der Waals surface area (Å²) >= 11 is 5.90. The van der Waals surface area contributed by atoms with E-state index >= 15 is 0 Å². The van der Waals surface area contributed by atoms with Gasteiger partial charge in [0.25, 0.3) is 0 Å². The fraction of sp³-hybridized carbons (Fsp3) is 0.533. The van der Waals surface area contributed by atoms with E-state index in [0.29, 0.717) is 11.6 Å². The van der Waals surface area contributed by atoms with E-state index < -0.39 is 0 Å². The minimum Gasteiger partial charge on any atom is -0.356 e. The first-order valence-electron chi connectivity index (χ1n) is 7.60. The van der Waals surface area contributed by atoms with Crippen molar-refractivity contribution < 1.29 is 0 Å². The molecule has 22 heavy (non-hydrogen) atoms. The van der Waals surface area contributed by atoms with Gasteiger partial charge in [-0.1, -0.05) is 11.6 Å². The highest BCUT2D eigenvalue weighted by atomic mass is 35.5. The smallest absolute Gasteiger partial charge is 0.345 e. The maximum atomic E-state index is 12.1. The molecule has 1 saturated heterocycles. The summed E-state index contributed by atoms with van der Waals surface area (Å²) in [6.07, 6.45) is 3.77. The first-order valence-corrected chi connectivity index (χ1v) is 7.98. The third-order valence-electron chi connectivity index (χ3n) is 4.18. The molecule has 6 nitrogen and oxygen atoms in total. The Hall–Kier alpha value is -1.82. The molecule has 0 spiro atoms. The van der Waals surface area contributed by atoms with Crippen LogP contribution in [0.2, 0.25) is 5.02 Å². The summed E-state index contributed by atoms with van der Waals surface area (Å²) in [5.41, 5.74) is -0.0424. The second kappa shape index (κ2) is 6.12. The van der Waals surface area contributed by atoms with Crippen molar-refractivity contribution in [3.05, 3.63) is 39.7 Å². The number of anilines is 1. The number of aryl methyl sites for hydroxylation is 1. The van der Waals surface area contributed by atoms with E-state index in [-0.39, 0.29) is 11.6 Å². The summed E-state index contributed by atoms with van der Waals surface area (Å²) in [5.74, 6) is 2.06. The SMILES string of the molecule is CCn1c([C@@H]2CCCN(c3ccc(Cl)cn3)C2)nn(C)c1=O. The molecule has 0 unspecified atom stereocenters. The Morgan fingerprint density at radius 3 is 2.91 bits per heavy atom. The summed E-state index contributed by atoms with van der Waals surface area (Å²) < 4.78 is 3.20. The number of hydrogen-bond donors (Lipinski definition) is 0. The average Bonchev–Trinajstić information content (AvgIpc) is 2.83. The van der Waals surface area contributed by atoms with Crippen LogP contribution in [0.4, 0.5) is 5.82 Å². The zero-order valence-corrected chi connectivity index (χ0v) is 13.6. The maximum Gasteiger partial charge on any atom is 0.345 e. The van der Waals surface area contributed by atoms with Crippen LogP contribution in [0.5, 0.6) is 0 Å². The van der Waals surface area contributed by atoms with E-state index in [9.17, 15) is 4.79 Å². The molecule has 0 aliphatic carbocycles. The van der Waals surface area contributed by atoms with E-state index in [2.05, 4.69) is 15.0 Å². The van der Waals surface area contributed by atoms with Gasteiger partial charge in [0.15, 0.2) is 0 Å². The van der Waals surface area contributed by atoms with Gasteiger partial charge < -0.3 is 4.90 Å². The number of pyridine rings is 1. The second-order valence-electron chi connectivity index (χ2n) is 5.63. The van der Waals surface area contributed by atoms with Gasteiger partial charge in [-0.15, -0.1) is 0 Å². The average molecular weight is 322 g/mol. The molecule has 0 aromatic carbocycles. The van der Waals surface area contributed by atoms with Crippen molar-refractivity contribution in [3.63, 3.8) is 0 Å². The van der Waals surface area contributed by atoms with Gasteiger partial charge in [0.2, 0.25) is 0 Å². The Morgan fingerprint density at radius 2 is 2.23 bits per heavy atom. The van der Waals surface area contributed by atoms with Crippen LogP contribution < -0.4 is 10.6 Å². The van der Waals surface area contributed by atoms with Crippen LogP contribution in [0.3, 0.4) is 0 Å². The Balaban J connectivity index is 1.86. The normalized spacial score (nSPS) is 18.7. The molecule has 118 valence electrons. The van der Waals surface area contributed by atoms with E-state index in [4.69, 9.17) is 11.6 Å². The summed E-state index contributed by atoms with van der Waals surface area (Å²) in [6, 6.07) is 3.80. The van der Waals surface area contributed by atoms with Crippen LogP contribution in [-0.4, -0.2) is 32.4 Å².